The minimum Gasteiger partial charge on any atom is -0.350 e. The van der Waals surface area contributed by atoms with E-state index in [1.54, 1.807) is 6.20 Å². The quantitative estimate of drug-likeness (QED) is 0.653. The predicted octanol–water partition coefficient (Wildman–Crippen LogP) is 2.73. The molecule has 3 N–H and O–H groups in total. The average molecular weight is 412 g/mol. The highest BCUT2D eigenvalue weighted by atomic mass is 16.2. The first-order valence-corrected chi connectivity index (χ1v) is 11.3. The Morgan fingerprint density at radius 2 is 2.07 bits per heavy atom. The van der Waals surface area contributed by atoms with E-state index in [4.69, 9.17) is 0 Å². The number of fused-ring (bicyclic) bond motifs is 1. The Bertz CT molecular complexity index is 873. The second kappa shape index (κ2) is 9.60. The van der Waals surface area contributed by atoms with Crippen LogP contribution < -0.4 is 10.6 Å². The summed E-state index contributed by atoms with van der Waals surface area (Å²) >= 11 is 0. The Morgan fingerprint density at radius 3 is 2.83 bits per heavy atom. The van der Waals surface area contributed by atoms with Crippen LogP contribution in [-0.2, 0) is 16.1 Å². The summed E-state index contributed by atoms with van der Waals surface area (Å²) in [7, 11) is 1.98. The van der Waals surface area contributed by atoms with Gasteiger partial charge in [-0.05, 0) is 56.5 Å². The minimum atomic E-state index is -0.474. The number of pyridine rings is 1. The van der Waals surface area contributed by atoms with E-state index in [-0.39, 0.29) is 17.9 Å². The van der Waals surface area contributed by atoms with Gasteiger partial charge in [-0.15, -0.1) is 0 Å². The molecular formula is C23H33N5O2. The summed E-state index contributed by atoms with van der Waals surface area (Å²) < 4.78 is 0. The third-order valence-corrected chi connectivity index (χ3v) is 6.67. The van der Waals surface area contributed by atoms with Crippen molar-refractivity contribution in [3.63, 3.8) is 0 Å². The molecule has 4 rings (SSSR count). The van der Waals surface area contributed by atoms with Crippen LogP contribution in [0.1, 0.15) is 56.9 Å². The zero-order valence-corrected chi connectivity index (χ0v) is 17.8. The van der Waals surface area contributed by atoms with Gasteiger partial charge in [-0.1, -0.05) is 32.1 Å². The number of hydrogen-bond acceptors (Lipinski definition) is 4. The number of nitrogens with zero attached hydrogens (tertiary/aromatic N) is 2. The number of carbonyl (C=O) groups excluding carboxylic acids is 2. The number of H-pyrrole nitrogens is 1. The Hall–Kier alpha value is -2.41. The Kier molecular flexibility index (Phi) is 6.67. The highest BCUT2D eigenvalue weighted by molar-refractivity contribution is 5.90. The first-order valence-electron chi connectivity index (χ1n) is 11.3. The van der Waals surface area contributed by atoms with Crippen LogP contribution in [-0.4, -0.2) is 52.4 Å². The molecule has 1 aliphatic carbocycles. The number of aromatic amines is 1. The van der Waals surface area contributed by atoms with Crippen molar-refractivity contribution in [2.45, 2.75) is 70.0 Å². The SMILES string of the molecule is CN1CCCC1C(=O)N[C@@H](CC1CCCCC1)C(=O)NCc1cnc2[nH]ccc2c1. The first-order chi connectivity index (χ1) is 14.6. The van der Waals surface area contributed by atoms with Gasteiger partial charge in [0.2, 0.25) is 11.8 Å². The molecule has 2 atom stereocenters. The molecule has 3 heterocycles. The van der Waals surface area contributed by atoms with E-state index >= 15 is 0 Å². The highest BCUT2D eigenvalue weighted by Gasteiger charge is 2.32. The van der Waals surface area contributed by atoms with Crippen LogP contribution in [0.5, 0.6) is 0 Å². The van der Waals surface area contributed by atoms with Crippen molar-refractivity contribution in [1.82, 2.24) is 25.5 Å². The summed E-state index contributed by atoms with van der Waals surface area (Å²) in [5.41, 5.74) is 1.79. The fourth-order valence-corrected chi connectivity index (χ4v) is 4.89. The Labute approximate surface area is 178 Å². The molecule has 0 aromatic carbocycles. The van der Waals surface area contributed by atoms with Crippen molar-refractivity contribution in [2.24, 2.45) is 5.92 Å². The van der Waals surface area contributed by atoms with Crippen molar-refractivity contribution in [2.75, 3.05) is 13.6 Å². The number of nitrogens with one attached hydrogen (secondary N) is 3. The monoisotopic (exact) mass is 411 g/mol. The van der Waals surface area contributed by atoms with Gasteiger partial charge in [0.15, 0.2) is 0 Å². The fraction of sp³-hybridized carbons (Fsp3) is 0.609. The molecule has 1 saturated carbocycles. The molecule has 1 unspecified atom stereocenters. The lowest BCUT2D eigenvalue weighted by Crippen LogP contribution is -2.52. The molecule has 2 fully saturated rings. The van der Waals surface area contributed by atoms with Gasteiger partial charge in [-0.2, -0.15) is 0 Å². The van der Waals surface area contributed by atoms with E-state index in [0.29, 0.717) is 12.5 Å². The zero-order valence-electron chi connectivity index (χ0n) is 17.8. The van der Waals surface area contributed by atoms with E-state index in [1.165, 1.54) is 19.3 Å². The lowest BCUT2D eigenvalue weighted by Gasteiger charge is -2.28. The van der Waals surface area contributed by atoms with E-state index in [9.17, 15) is 9.59 Å². The molecule has 30 heavy (non-hydrogen) atoms. The maximum atomic E-state index is 13.1. The van der Waals surface area contributed by atoms with Crippen LogP contribution in [0.4, 0.5) is 0 Å². The van der Waals surface area contributed by atoms with Crippen molar-refractivity contribution in [3.8, 4) is 0 Å². The molecular weight excluding hydrogens is 378 g/mol. The van der Waals surface area contributed by atoms with Crippen LogP contribution in [0.15, 0.2) is 24.5 Å². The topological polar surface area (TPSA) is 90.1 Å². The summed E-state index contributed by atoms with van der Waals surface area (Å²) in [5, 5.41) is 7.15. The molecule has 1 saturated heterocycles. The number of carbonyl (C=O) groups is 2. The highest BCUT2D eigenvalue weighted by Crippen LogP contribution is 2.27. The molecule has 0 radical (unpaired) electrons. The van der Waals surface area contributed by atoms with Gasteiger partial charge in [-0.25, -0.2) is 4.98 Å². The molecule has 0 bridgehead atoms. The van der Waals surface area contributed by atoms with Crippen LogP contribution in [0.3, 0.4) is 0 Å². The first kappa shape index (κ1) is 20.8. The summed E-state index contributed by atoms with van der Waals surface area (Å²) in [6, 6.07) is 3.41. The van der Waals surface area contributed by atoms with E-state index < -0.39 is 6.04 Å². The third kappa shape index (κ3) is 5.01. The van der Waals surface area contributed by atoms with Gasteiger partial charge in [0.25, 0.3) is 0 Å². The smallest absolute Gasteiger partial charge is 0.242 e. The second-order valence-corrected chi connectivity index (χ2v) is 8.92. The molecule has 7 nitrogen and oxygen atoms in total. The van der Waals surface area contributed by atoms with Gasteiger partial charge >= 0.3 is 0 Å². The molecule has 7 heteroatoms. The van der Waals surface area contributed by atoms with Crippen LogP contribution in [0.2, 0.25) is 0 Å². The molecule has 1 aliphatic heterocycles. The normalized spacial score (nSPS) is 21.6. The van der Waals surface area contributed by atoms with Gasteiger partial charge in [-0.3, -0.25) is 14.5 Å². The van der Waals surface area contributed by atoms with Crippen LogP contribution in [0, 0.1) is 5.92 Å². The van der Waals surface area contributed by atoms with E-state index in [2.05, 4.69) is 25.5 Å². The van der Waals surface area contributed by atoms with Crippen LogP contribution in [0.25, 0.3) is 11.0 Å². The average Bonchev–Trinajstić information content (AvgIpc) is 3.40. The van der Waals surface area contributed by atoms with Crippen molar-refractivity contribution in [3.05, 3.63) is 30.1 Å². The van der Waals surface area contributed by atoms with E-state index in [1.807, 2.05) is 25.4 Å². The van der Waals surface area contributed by atoms with Crippen molar-refractivity contribution < 1.29 is 9.59 Å². The molecule has 162 valence electrons. The van der Waals surface area contributed by atoms with Gasteiger partial charge in [0, 0.05) is 24.3 Å². The Balaban J connectivity index is 1.39. The van der Waals surface area contributed by atoms with Gasteiger partial charge in [0.1, 0.15) is 11.7 Å². The molecule has 0 spiro atoms. The van der Waals surface area contributed by atoms with Gasteiger partial charge in [0.05, 0.1) is 6.04 Å². The maximum Gasteiger partial charge on any atom is 0.242 e. The van der Waals surface area contributed by atoms with Crippen molar-refractivity contribution in [1.29, 1.82) is 0 Å². The molecule has 2 aliphatic rings. The number of rotatable bonds is 7. The zero-order chi connectivity index (χ0) is 20.9. The largest absolute Gasteiger partial charge is 0.350 e. The number of likely N-dealkylation sites (N-methyl/N-ethyl adjacent to an activating group) is 1. The molecule has 2 amide bonds. The standard InChI is InChI=1S/C23H33N5O2/c1-28-11-5-8-20(28)23(30)27-19(13-16-6-3-2-4-7-16)22(29)26-15-17-12-18-9-10-24-21(18)25-14-17/h9-10,12,14,16,19-20H,2-8,11,13,15H2,1H3,(H,24,25)(H,26,29)(H,27,30)/t19-,20?/m0/s1. The van der Waals surface area contributed by atoms with Gasteiger partial charge < -0.3 is 15.6 Å². The predicted molar refractivity (Wildman–Crippen MR) is 117 cm³/mol. The maximum absolute atomic E-state index is 13.1. The number of likely N-dealkylation sites (tertiary alicyclic amines) is 1. The Morgan fingerprint density at radius 1 is 1.23 bits per heavy atom. The second-order valence-electron chi connectivity index (χ2n) is 8.92. The summed E-state index contributed by atoms with van der Waals surface area (Å²) in [6.45, 7) is 1.35. The number of aromatic nitrogens is 2. The summed E-state index contributed by atoms with van der Waals surface area (Å²) in [4.78, 5) is 35.5. The van der Waals surface area contributed by atoms with E-state index in [0.717, 1.165) is 55.2 Å². The lowest BCUT2D eigenvalue weighted by molar-refractivity contribution is -0.131. The number of hydrogen-bond donors (Lipinski definition) is 3. The molecule has 2 aromatic heterocycles. The fourth-order valence-electron chi connectivity index (χ4n) is 4.89. The lowest BCUT2D eigenvalue weighted by atomic mass is 9.84. The summed E-state index contributed by atoms with van der Waals surface area (Å²) in [6.07, 6.45) is 12.3. The summed E-state index contributed by atoms with van der Waals surface area (Å²) in [5.74, 6) is 0.402. The van der Waals surface area contributed by atoms with Crippen LogP contribution >= 0.6 is 0 Å². The molecule has 2 aromatic rings. The minimum absolute atomic E-state index is 0.0126. The number of amides is 2. The van der Waals surface area contributed by atoms with Crippen molar-refractivity contribution >= 4 is 22.8 Å². The third-order valence-electron chi connectivity index (χ3n) is 6.67.